The number of hydrogen-bond donors (Lipinski definition) is 1. The molecule has 2 rings (SSSR count). The van der Waals surface area contributed by atoms with Gasteiger partial charge in [-0.25, -0.2) is 17.2 Å². The number of sulfonamides is 1. The lowest BCUT2D eigenvalue weighted by molar-refractivity contribution is 0.344. The highest BCUT2D eigenvalue weighted by molar-refractivity contribution is 7.89. The van der Waals surface area contributed by atoms with Gasteiger partial charge in [0.25, 0.3) is 0 Å². The zero-order valence-corrected chi connectivity index (χ0v) is 12.1. The highest BCUT2D eigenvalue weighted by atomic mass is 32.2. The summed E-state index contributed by atoms with van der Waals surface area (Å²) in [6.45, 7) is 0.724. The average molecular weight is 304 g/mol. The van der Waals surface area contributed by atoms with E-state index in [4.69, 9.17) is 0 Å². The van der Waals surface area contributed by atoms with Gasteiger partial charge in [-0.05, 0) is 32.0 Å². The number of rotatable bonds is 4. The molecule has 1 saturated heterocycles. The zero-order chi connectivity index (χ0) is 14.8. The molecule has 1 fully saturated rings. The van der Waals surface area contributed by atoms with Crippen molar-refractivity contribution in [3.05, 3.63) is 29.3 Å². The molecule has 0 atom stereocenters. The van der Waals surface area contributed by atoms with Crippen LogP contribution in [0.5, 0.6) is 0 Å². The number of nitrogens with zero attached hydrogens (tertiary/aromatic N) is 1. The second-order valence-corrected chi connectivity index (χ2v) is 6.74. The fourth-order valence-electron chi connectivity index (χ4n) is 2.36. The molecule has 20 heavy (non-hydrogen) atoms. The molecule has 1 aliphatic rings. The van der Waals surface area contributed by atoms with E-state index in [1.807, 2.05) is 0 Å². The molecule has 0 bridgehead atoms. The van der Waals surface area contributed by atoms with Gasteiger partial charge in [-0.1, -0.05) is 6.42 Å². The molecule has 0 aliphatic carbocycles. The second kappa shape index (κ2) is 6.15. The smallest absolute Gasteiger partial charge is 0.245 e. The van der Waals surface area contributed by atoms with E-state index in [9.17, 15) is 17.2 Å². The van der Waals surface area contributed by atoms with E-state index < -0.39 is 26.6 Å². The first kappa shape index (κ1) is 15.3. The van der Waals surface area contributed by atoms with Gasteiger partial charge in [-0.2, -0.15) is 4.31 Å². The molecule has 0 radical (unpaired) electrons. The third kappa shape index (κ3) is 2.84. The third-order valence-corrected chi connectivity index (χ3v) is 5.35. The van der Waals surface area contributed by atoms with E-state index in [0.29, 0.717) is 13.1 Å². The summed E-state index contributed by atoms with van der Waals surface area (Å²) in [6.07, 6.45) is 2.51. The summed E-state index contributed by atoms with van der Waals surface area (Å²) in [4.78, 5) is -0.439. The van der Waals surface area contributed by atoms with Crippen LogP contribution in [0.1, 0.15) is 24.8 Å². The molecule has 0 aromatic heterocycles. The topological polar surface area (TPSA) is 49.4 Å². The number of benzene rings is 1. The van der Waals surface area contributed by atoms with Crippen LogP contribution >= 0.6 is 0 Å². The molecule has 1 aromatic rings. The maximum Gasteiger partial charge on any atom is 0.245 e. The average Bonchev–Trinajstić information content (AvgIpc) is 2.44. The summed E-state index contributed by atoms with van der Waals surface area (Å²) in [5.74, 6) is -1.74. The second-order valence-electron chi connectivity index (χ2n) is 4.83. The Kier molecular flexibility index (Phi) is 4.72. The van der Waals surface area contributed by atoms with Gasteiger partial charge in [0.2, 0.25) is 10.0 Å². The van der Waals surface area contributed by atoms with Crippen molar-refractivity contribution in [1.82, 2.24) is 9.62 Å². The molecule has 0 spiro atoms. The van der Waals surface area contributed by atoms with E-state index in [1.165, 1.54) is 4.31 Å². The normalized spacial score (nSPS) is 17.4. The quantitative estimate of drug-likeness (QED) is 0.924. The summed E-state index contributed by atoms with van der Waals surface area (Å²) >= 11 is 0. The lowest BCUT2D eigenvalue weighted by Crippen LogP contribution is -2.36. The number of halogens is 2. The Morgan fingerprint density at radius 3 is 2.45 bits per heavy atom. The Labute approximate surface area is 117 Å². The lowest BCUT2D eigenvalue weighted by Gasteiger charge is -2.26. The largest absolute Gasteiger partial charge is 0.315 e. The fraction of sp³-hybridized carbons (Fsp3) is 0.538. The zero-order valence-electron chi connectivity index (χ0n) is 11.3. The van der Waals surface area contributed by atoms with Crippen LogP contribution < -0.4 is 5.32 Å². The van der Waals surface area contributed by atoms with Crippen LogP contribution in [-0.2, 0) is 16.6 Å². The molecule has 7 heteroatoms. The van der Waals surface area contributed by atoms with Gasteiger partial charge in [0.05, 0.1) is 0 Å². The number of piperidine rings is 1. The van der Waals surface area contributed by atoms with Crippen molar-refractivity contribution < 1.29 is 17.2 Å². The predicted molar refractivity (Wildman–Crippen MR) is 71.7 cm³/mol. The minimum atomic E-state index is -3.89. The number of hydrogen-bond acceptors (Lipinski definition) is 3. The summed E-state index contributed by atoms with van der Waals surface area (Å²) < 4.78 is 54.0. The van der Waals surface area contributed by atoms with Gasteiger partial charge in [0.15, 0.2) is 5.82 Å². The minimum Gasteiger partial charge on any atom is -0.315 e. The first-order valence-electron chi connectivity index (χ1n) is 6.60. The Morgan fingerprint density at radius 2 is 1.85 bits per heavy atom. The summed E-state index contributed by atoms with van der Waals surface area (Å²) in [5, 5.41) is 2.64. The molecule has 1 aliphatic heterocycles. The van der Waals surface area contributed by atoms with E-state index in [-0.39, 0.29) is 12.1 Å². The first-order valence-corrected chi connectivity index (χ1v) is 8.04. The van der Waals surface area contributed by atoms with Gasteiger partial charge in [-0.15, -0.1) is 0 Å². The van der Waals surface area contributed by atoms with Crippen LogP contribution in [0.25, 0.3) is 0 Å². The van der Waals surface area contributed by atoms with Crippen LogP contribution in [0.3, 0.4) is 0 Å². The Morgan fingerprint density at radius 1 is 1.20 bits per heavy atom. The highest BCUT2D eigenvalue weighted by Crippen LogP contribution is 2.26. The van der Waals surface area contributed by atoms with E-state index >= 15 is 0 Å². The minimum absolute atomic E-state index is 0.0545. The van der Waals surface area contributed by atoms with Crippen molar-refractivity contribution >= 4 is 10.0 Å². The van der Waals surface area contributed by atoms with Crippen LogP contribution in [0, 0.1) is 11.6 Å². The van der Waals surface area contributed by atoms with Gasteiger partial charge >= 0.3 is 0 Å². The summed E-state index contributed by atoms with van der Waals surface area (Å²) in [6, 6.07) is 2.01. The van der Waals surface area contributed by atoms with Crippen molar-refractivity contribution in [2.75, 3.05) is 20.1 Å². The van der Waals surface area contributed by atoms with Gasteiger partial charge in [0, 0.05) is 25.2 Å². The van der Waals surface area contributed by atoms with E-state index in [0.717, 1.165) is 31.4 Å². The predicted octanol–water partition coefficient (Wildman–Crippen LogP) is 1.86. The Bertz CT molecular complexity index is 584. The SMILES string of the molecule is CNCc1c(F)ccc(S(=O)(=O)N2CCCCC2)c1F. The third-order valence-electron chi connectivity index (χ3n) is 3.44. The molecular formula is C13H18F2N2O2S. The first-order chi connectivity index (χ1) is 9.48. The van der Waals surface area contributed by atoms with Gasteiger partial charge in [0.1, 0.15) is 10.7 Å². The van der Waals surface area contributed by atoms with Gasteiger partial charge < -0.3 is 5.32 Å². The molecular weight excluding hydrogens is 286 g/mol. The Hall–Kier alpha value is -1.05. The molecule has 0 unspecified atom stereocenters. The lowest BCUT2D eigenvalue weighted by atomic mass is 10.2. The number of nitrogens with one attached hydrogen (secondary N) is 1. The van der Waals surface area contributed by atoms with Crippen LogP contribution in [-0.4, -0.2) is 32.9 Å². The molecule has 1 N–H and O–H groups in total. The van der Waals surface area contributed by atoms with Crippen molar-refractivity contribution in [2.45, 2.75) is 30.7 Å². The van der Waals surface area contributed by atoms with Crippen LogP contribution in [0.4, 0.5) is 8.78 Å². The highest BCUT2D eigenvalue weighted by Gasteiger charge is 2.30. The van der Waals surface area contributed by atoms with Crippen molar-refractivity contribution in [3.63, 3.8) is 0 Å². The molecule has 4 nitrogen and oxygen atoms in total. The fourth-order valence-corrected chi connectivity index (χ4v) is 3.97. The van der Waals surface area contributed by atoms with Crippen molar-refractivity contribution in [3.8, 4) is 0 Å². The van der Waals surface area contributed by atoms with Crippen molar-refractivity contribution in [1.29, 1.82) is 0 Å². The maximum atomic E-state index is 14.3. The maximum absolute atomic E-state index is 14.3. The van der Waals surface area contributed by atoms with E-state index in [1.54, 1.807) is 7.05 Å². The molecule has 1 heterocycles. The monoisotopic (exact) mass is 304 g/mol. The molecule has 0 saturated carbocycles. The summed E-state index contributed by atoms with van der Waals surface area (Å²) in [7, 11) is -2.34. The van der Waals surface area contributed by atoms with Crippen LogP contribution in [0.15, 0.2) is 17.0 Å². The molecule has 112 valence electrons. The van der Waals surface area contributed by atoms with Crippen molar-refractivity contribution in [2.24, 2.45) is 0 Å². The van der Waals surface area contributed by atoms with Gasteiger partial charge in [-0.3, -0.25) is 0 Å². The molecule has 1 aromatic carbocycles. The Balaban J connectivity index is 2.43. The van der Waals surface area contributed by atoms with E-state index in [2.05, 4.69) is 5.32 Å². The van der Waals surface area contributed by atoms with Crippen LogP contribution in [0.2, 0.25) is 0 Å². The standard InChI is InChI=1S/C13H18F2N2O2S/c1-16-9-10-11(14)5-6-12(13(10)15)20(18,19)17-7-3-2-4-8-17/h5-6,16H,2-4,7-9H2,1H3. The molecule has 0 amide bonds. The summed E-state index contributed by atoms with van der Waals surface area (Å²) in [5.41, 5.74) is -0.245.